The number of amides is 3. The fraction of sp³-hybridized carbons (Fsp3) is 0.500. The number of carbonyl (C=O) groups is 3. The van der Waals surface area contributed by atoms with E-state index in [9.17, 15) is 14.4 Å². The molecule has 3 amide bonds. The van der Waals surface area contributed by atoms with Crippen molar-refractivity contribution in [1.29, 1.82) is 0 Å². The molecule has 1 aromatic heterocycles. The van der Waals surface area contributed by atoms with E-state index >= 15 is 0 Å². The van der Waals surface area contributed by atoms with E-state index < -0.39 is 46.4 Å². The molecule has 2 aromatic rings. The van der Waals surface area contributed by atoms with Gasteiger partial charge in [-0.2, -0.15) is 9.28 Å². The lowest BCUT2D eigenvalue weighted by atomic mass is 10.0. The van der Waals surface area contributed by atoms with Crippen molar-refractivity contribution in [3.8, 4) is 5.88 Å². The number of imide groups is 1. The van der Waals surface area contributed by atoms with Crippen LogP contribution in [0.15, 0.2) is 37.0 Å². The molecule has 0 aliphatic carbocycles. The van der Waals surface area contributed by atoms with Crippen LogP contribution in [-0.2, 0) is 14.3 Å². The predicted molar refractivity (Wildman–Crippen MR) is 141 cm³/mol. The fourth-order valence-electron chi connectivity index (χ4n) is 4.77. The Kier molecular flexibility index (Phi) is 8.27. The summed E-state index contributed by atoms with van der Waals surface area (Å²) in [5.74, 6) is -0.349. The molecule has 1 aliphatic rings. The van der Waals surface area contributed by atoms with E-state index in [0.29, 0.717) is 12.3 Å². The molecule has 200 valence electrons. The van der Waals surface area contributed by atoms with Gasteiger partial charge in [-0.25, -0.2) is 14.6 Å². The highest BCUT2D eigenvalue weighted by Crippen LogP contribution is 2.35. The second-order valence-electron chi connectivity index (χ2n) is 10.9. The maximum absolute atomic E-state index is 14.0. The number of nitrogens with one attached hydrogen (secondary N) is 1. The lowest BCUT2D eigenvalue weighted by Crippen LogP contribution is -2.66. The molecule has 37 heavy (non-hydrogen) atoms. The van der Waals surface area contributed by atoms with Gasteiger partial charge in [0, 0.05) is 18.0 Å². The second kappa shape index (κ2) is 10.9. The molecule has 1 N–H and O–H groups in total. The summed E-state index contributed by atoms with van der Waals surface area (Å²) in [4.78, 5) is 44.2. The van der Waals surface area contributed by atoms with Crippen molar-refractivity contribution in [2.24, 2.45) is 5.92 Å². The largest absolute Gasteiger partial charge is 0.523 e. The van der Waals surface area contributed by atoms with Crippen molar-refractivity contribution in [1.82, 2.24) is 10.3 Å². The molecule has 1 fully saturated rings. The van der Waals surface area contributed by atoms with Crippen molar-refractivity contribution in [3.05, 3.63) is 42.6 Å². The van der Waals surface area contributed by atoms with Crippen molar-refractivity contribution in [3.63, 3.8) is 0 Å². The summed E-state index contributed by atoms with van der Waals surface area (Å²) in [5, 5.41) is 4.44. The number of rotatable bonds is 6. The van der Waals surface area contributed by atoms with Gasteiger partial charge in [0.15, 0.2) is 12.1 Å². The lowest BCUT2D eigenvalue weighted by molar-refractivity contribution is -0.794. The number of benzene rings is 1. The average Bonchev–Trinajstić information content (AvgIpc) is 3.16. The van der Waals surface area contributed by atoms with E-state index in [0.717, 1.165) is 16.3 Å². The highest BCUT2D eigenvalue weighted by Gasteiger charge is 2.60. The first-order valence-electron chi connectivity index (χ1n) is 12.5. The monoisotopic (exact) mass is 512 g/mol. The SMILES string of the molecule is C=Cc1ccc2ccnc(O[C@@H]3CC(C)[N+](C(=O)OC)(C(=O)C(NC(=O)OC(C)(C)C)C(C)C)C3)c2c1. The van der Waals surface area contributed by atoms with Crippen LogP contribution in [0.2, 0.25) is 0 Å². The highest BCUT2D eigenvalue weighted by atomic mass is 16.6. The highest BCUT2D eigenvalue weighted by molar-refractivity contribution is 5.89. The van der Waals surface area contributed by atoms with Crippen LogP contribution in [0.25, 0.3) is 16.8 Å². The molecule has 0 spiro atoms. The van der Waals surface area contributed by atoms with E-state index in [1.165, 1.54) is 7.11 Å². The summed E-state index contributed by atoms with van der Waals surface area (Å²) in [6, 6.07) is 6.33. The molecular weight excluding hydrogens is 474 g/mol. The van der Waals surface area contributed by atoms with E-state index in [4.69, 9.17) is 14.2 Å². The van der Waals surface area contributed by atoms with Gasteiger partial charge in [0.1, 0.15) is 18.2 Å². The molecule has 1 saturated heterocycles. The summed E-state index contributed by atoms with van der Waals surface area (Å²) in [7, 11) is 1.26. The maximum atomic E-state index is 14.0. The summed E-state index contributed by atoms with van der Waals surface area (Å²) < 4.78 is 16.2. The van der Waals surface area contributed by atoms with Crippen molar-refractivity contribution >= 4 is 34.9 Å². The number of ether oxygens (including phenoxy) is 3. The molecule has 0 saturated carbocycles. The molecule has 3 unspecified atom stereocenters. The van der Waals surface area contributed by atoms with Crippen LogP contribution >= 0.6 is 0 Å². The van der Waals surface area contributed by atoms with Crippen LogP contribution in [0.4, 0.5) is 9.59 Å². The molecule has 9 nitrogen and oxygen atoms in total. The Labute approximate surface area is 218 Å². The number of likely N-dealkylation sites (tertiary alicyclic amines) is 1. The van der Waals surface area contributed by atoms with Crippen molar-refractivity contribution in [2.45, 2.75) is 71.8 Å². The number of hydrogen-bond donors (Lipinski definition) is 1. The maximum Gasteiger partial charge on any atom is 0.523 e. The first kappa shape index (κ1) is 28.1. The third-order valence-electron chi connectivity index (χ3n) is 6.61. The Morgan fingerprint density at radius 3 is 2.51 bits per heavy atom. The number of carbonyl (C=O) groups excluding carboxylic acids is 3. The van der Waals surface area contributed by atoms with E-state index in [1.807, 2.05) is 31.2 Å². The lowest BCUT2D eigenvalue weighted by Gasteiger charge is -2.35. The van der Waals surface area contributed by atoms with Crippen LogP contribution in [0, 0.1) is 5.92 Å². The van der Waals surface area contributed by atoms with Gasteiger partial charge in [-0.1, -0.05) is 38.6 Å². The van der Waals surface area contributed by atoms with Crippen molar-refractivity contribution in [2.75, 3.05) is 13.7 Å². The minimum Gasteiger partial charge on any atom is -0.468 e. The van der Waals surface area contributed by atoms with Crippen LogP contribution in [0.5, 0.6) is 5.88 Å². The van der Waals surface area contributed by atoms with Crippen LogP contribution in [0.3, 0.4) is 0 Å². The second-order valence-corrected chi connectivity index (χ2v) is 10.9. The molecule has 1 aromatic carbocycles. The molecule has 0 radical (unpaired) electrons. The Hall–Kier alpha value is -3.46. The Morgan fingerprint density at radius 2 is 1.92 bits per heavy atom. The number of quaternary nitrogens is 1. The molecule has 2 heterocycles. The molecule has 1 aliphatic heterocycles. The number of nitrogens with zero attached hydrogens (tertiary/aromatic N) is 2. The summed E-state index contributed by atoms with van der Waals surface area (Å²) in [5.41, 5.74) is 0.188. The van der Waals surface area contributed by atoms with Gasteiger partial charge >= 0.3 is 18.1 Å². The molecule has 3 rings (SSSR count). The number of methoxy groups -OCH3 is 1. The van der Waals surface area contributed by atoms with E-state index in [2.05, 4.69) is 16.9 Å². The number of hydrogen-bond acceptors (Lipinski definition) is 7. The molecule has 4 atom stereocenters. The predicted octanol–water partition coefficient (Wildman–Crippen LogP) is 5.08. The standard InChI is InChI=1S/C28H37N3O6/c1-9-19-10-11-20-12-13-29-24(22(20)15-19)36-21-14-18(4)31(16-21,27(34)35-8)25(32)23(17(2)3)30-26(33)37-28(5,6)7/h9-13,15,17-18,21,23H,1,14,16H2,2-8H3/p+1/t18?,21-,23?,31?/m1/s1. The quantitative estimate of drug-likeness (QED) is 0.539. The summed E-state index contributed by atoms with van der Waals surface area (Å²) >= 11 is 0. The van der Waals surface area contributed by atoms with E-state index in [1.54, 1.807) is 46.9 Å². The van der Waals surface area contributed by atoms with Gasteiger partial charge in [-0.05, 0) is 56.7 Å². The van der Waals surface area contributed by atoms with E-state index in [-0.39, 0.29) is 12.5 Å². The molecule has 0 bridgehead atoms. The smallest absolute Gasteiger partial charge is 0.468 e. The number of pyridine rings is 1. The van der Waals surface area contributed by atoms with Gasteiger partial charge in [0.2, 0.25) is 5.88 Å². The zero-order chi connectivity index (χ0) is 27.5. The third-order valence-corrected chi connectivity index (χ3v) is 6.61. The fourth-order valence-corrected chi connectivity index (χ4v) is 4.77. The van der Waals surface area contributed by atoms with Gasteiger partial charge < -0.3 is 19.5 Å². The van der Waals surface area contributed by atoms with Crippen LogP contribution in [-0.4, -0.2) is 65.0 Å². The zero-order valence-corrected chi connectivity index (χ0v) is 22.7. The third kappa shape index (κ3) is 5.93. The Morgan fingerprint density at radius 1 is 1.22 bits per heavy atom. The molecule has 9 heteroatoms. The Balaban J connectivity index is 1.93. The van der Waals surface area contributed by atoms with Gasteiger partial charge in [-0.3, -0.25) is 0 Å². The first-order chi connectivity index (χ1) is 17.3. The first-order valence-corrected chi connectivity index (χ1v) is 12.5. The summed E-state index contributed by atoms with van der Waals surface area (Å²) in [6.45, 7) is 14.5. The number of fused-ring (bicyclic) bond motifs is 1. The summed E-state index contributed by atoms with van der Waals surface area (Å²) in [6.07, 6.45) is 1.92. The minimum atomic E-state index is -0.971. The van der Waals surface area contributed by atoms with Crippen molar-refractivity contribution < 1.29 is 33.1 Å². The average molecular weight is 513 g/mol. The topological polar surface area (TPSA) is 104 Å². The van der Waals surface area contributed by atoms with Crippen LogP contribution < -0.4 is 10.1 Å². The minimum absolute atomic E-state index is 0.0467. The van der Waals surface area contributed by atoms with Gasteiger partial charge in [0.05, 0.1) is 7.11 Å². The van der Waals surface area contributed by atoms with Gasteiger partial charge in [0.25, 0.3) is 0 Å². The Bertz CT molecular complexity index is 1190. The number of aromatic nitrogens is 1. The number of alkyl carbamates (subject to hydrolysis) is 1. The normalized spacial score (nSPS) is 22.4. The molecular formula is C28H38N3O6+. The van der Waals surface area contributed by atoms with Gasteiger partial charge in [-0.15, -0.1) is 0 Å². The van der Waals surface area contributed by atoms with Crippen LogP contribution in [0.1, 0.15) is 53.5 Å². The zero-order valence-electron chi connectivity index (χ0n) is 22.7.